The lowest BCUT2D eigenvalue weighted by atomic mass is 9.95. The van der Waals surface area contributed by atoms with Crippen molar-refractivity contribution in [1.82, 2.24) is 9.80 Å². The van der Waals surface area contributed by atoms with E-state index in [-0.39, 0.29) is 11.7 Å². The molecule has 2 heterocycles. The van der Waals surface area contributed by atoms with E-state index in [1.807, 2.05) is 30.3 Å². The van der Waals surface area contributed by atoms with E-state index < -0.39 is 0 Å². The lowest BCUT2D eigenvalue weighted by Gasteiger charge is -2.50. The van der Waals surface area contributed by atoms with Crippen molar-refractivity contribution in [3.8, 4) is 0 Å². The smallest absolute Gasteiger partial charge is 0.153 e. The van der Waals surface area contributed by atoms with Crippen LogP contribution in [-0.2, 0) is 0 Å². The molecule has 3 aliphatic rings. The summed E-state index contributed by atoms with van der Waals surface area (Å²) in [7, 11) is 0. The summed E-state index contributed by atoms with van der Waals surface area (Å²) < 4.78 is 0. The van der Waals surface area contributed by atoms with Crippen LogP contribution in [0.2, 0.25) is 10.0 Å². The van der Waals surface area contributed by atoms with Crippen LogP contribution in [0.3, 0.4) is 0 Å². The van der Waals surface area contributed by atoms with Gasteiger partial charge in [0.1, 0.15) is 5.84 Å². The first kappa shape index (κ1) is 20.1. The summed E-state index contributed by atoms with van der Waals surface area (Å²) in [5, 5.41) is 5.29. The zero-order valence-electron chi connectivity index (χ0n) is 17.1. The first-order valence-electron chi connectivity index (χ1n) is 10.6. The Morgan fingerprint density at radius 2 is 1.83 bits per heavy atom. The van der Waals surface area contributed by atoms with Gasteiger partial charge in [-0.15, -0.1) is 0 Å². The molecule has 7 heteroatoms. The molecule has 30 heavy (non-hydrogen) atoms. The standard InChI is InChI=1S/C23H27Cl2N5/c1-15(18-14-17(24)8-9-19(18)25)29-10-12-30(13-11-29)23(16-6-7-16)22(26)27-20-4-2-3-5-21(20)28-23/h2-5,8-9,14-16,28H,6-7,10-13H2,1H3,(H2,26,27). The normalized spacial score (nSPS) is 25.9. The van der Waals surface area contributed by atoms with Gasteiger partial charge < -0.3 is 11.1 Å². The molecule has 158 valence electrons. The van der Waals surface area contributed by atoms with Gasteiger partial charge in [0.2, 0.25) is 0 Å². The molecular weight excluding hydrogens is 417 g/mol. The molecule has 2 atom stereocenters. The summed E-state index contributed by atoms with van der Waals surface area (Å²) in [5.41, 5.74) is 9.32. The second-order valence-corrected chi connectivity index (χ2v) is 9.39. The quantitative estimate of drug-likeness (QED) is 0.705. The minimum Gasteiger partial charge on any atom is -0.384 e. The predicted molar refractivity (Wildman–Crippen MR) is 125 cm³/mol. The summed E-state index contributed by atoms with van der Waals surface area (Å²) in [5.74, 6) is 1.20. The molecule has 0 aromatic heterocycles. The fraction of sp³-hybridized carbons (Fsp3) is 0.435. The van der Waals surface area contributed by atoms with Crippen molar-refractivity contribution in [3.05, 3.63) is 58.1 Å². The van der Waals surface area contributed by atoms with Crippen molar-refractivity contribution in [2.24, 2.45) is 16.6 Å². The third-order valence-electron chi connectivity index (χ3n) is 6.80. The number of rotatable bonds is 4. The van der Waals surface area contributed by atoms with E-state index in [9.17, 15) is 0 Å². The van der Waals surface area contributed by atoms with Crippen molar-refractivity contribution < 1.29 is 0 Å². The van der Waals surface area contributed by atoms with Gasteiger partial charge in [-0.05, 0) is 55.7 Å². The fourth-order valence-corrected chi connectivity index (χ4v) is 5.42. The first-order valence-corrected chi connectivity index (χ1v) is 11.4. The van der Waals surface area contributed by atoms with E-state index >= 15 is 0 Å². The van der Waals surface area contributed by atoms with Gasteiger partial charge in [-0.3, -0.25) is 9.80 Å². The number of nitrogens with zero attached hydrogens (tertiary/aromatic N) is 3. The number of hydrogen-bond acceptors (Lipinski definition) is 5. The maximum atomic E-state index is 6.62. The molecule has 0 radical (unpaired) electrons. The third kappa shape index (κ3) is 3.38. The highest BCUT2D eigenvalue weighted by Gasteiger charge is 2.54. The van der Waals surface area contributed by atoms with Gasteiger partial charge in [-0.1, -0.05) is 35.3 Å². The van der Waals surface area contributed by atoms with Crippen molar-refractivity contribution in [2.45, 2.75) is 31.5 Å². The summed E-state index contributed by atoms with van der Waals surface area (Å²) >= 11 is 12.7. The van der Waals surface area contributed by atoms with Gasteiger partial charge in [0, 0.05) is 48.2 Å². The highest BCUT2D eigenvalue weighted by atomic mass is 35.5. The maximum Gasteiger partial charge on any atom is 0.153 e. The van der Waals surface area contributed by atoms with E-state index in [4.69, 9.17) is 33.9 Å². The first-order chi connectivity index (χ1) is 14.5. The Kier molecular flexibility index (Phi) is 5.18. The van der Waals surface area contributed by atoms with Gasteiger partial charge in [-0.2, -0.15) is 0 Å². The number of nitrogens with one attached hydrogen (secondary N) is 1. The van der Waals surface area contributed by atoms with E-state index in [1.165, 1.54) is 12.8 Å². The number of piperazine rings is 1. The van der Waals surface area contributed by atoms with Crippen molar-refractivity contribution in [1.29, 1.82) is 0 Å². The monoisotopic (exact) mass is 443 g/mol. The number of fused-ring (bicyclic) bond motifs is 1. The summed E-state index contributed by atoms with van der Waals surface area (Å²) in [6.07, 6.45) is 2.36. The van der Waals surface area contributed by atoms with E-state index in [0.29, 0.717) is 11.8 Å². The van der Waals surface area contributed by atoms with Crippen LogP contribution < -0.4 is 11.1 Å². The molecular formula is C23H27Cl2N5. The lowest BCUT2D eigenvalue weighted by Crippen LogP contribution is -2.68. The average Bonchev–Trinajstić information content (AvgIpc) is 3.60. The predicted octanol–water partition coefficient (Wildman–Crippen LogP) is 4.89. The van der Waals surface area contributed by atoms with Gasteiger partial charge in [0.25, 0.3) is 0 Å². The Balaban J connectivity index is 1.36. The van der Waals surface area contributed by atoms with Crippen LogP contribution in [0.25, 0.3) is 0 Å². The van der Waals surface area contributed by atoms with Crippen LogP contribution in [-0.4, -0.2) is 47.5 Å². The molecule has 5 nitrogen and oxygen atoms in total. The van der Waals surface area contributed by atoms with Gasteiger partial charge >= 0.3 is 0 Å². The zero-order chi connectivity index (χ0) is 20.9. The largest absolute Gasteiger partial charge is 0.384 e. The van der Waals surface area contributed by atoms with Crippen molar-refractivity contribution >= 4 is 40.4 Å². The maximum absolute atomic E-state index is 6.62. The zero-order valence-corrected chi connectivity index (χ0v) is 18.6. The molecule has 0 amide bonds. The average molecular weight is 444 g/mol. The molecule has 2 aromatic rings. The second kappa shape index (κ2) is 7.72. The second-order valence-electron chi connectivity index (χ2n) is 8.54. The number of anilines is 1. The molecule has 2 aliphatic heterocycles. The fourth-order valence-electron chi connectivity index (χ4n) is 4.97. The lowest BCUT2D eigenvalue weighted by molar-refractivity contribution is 0.0520. The van der Waals surface area contributed by atoms with Crippen LogP contribution in [0.5, 0.6) is 0 Å². The van der Waals surface area contributed by atoms with E-state index in [2.05, 4.69) is 34.2 Å². The van der Waals surface area contributed by atoms with Crippen LogP contribution >= 0.6 is 23.2 Å². The van der Waals surface area contributed by atoms with Crippen molar-refractivity contribution in [3.63, 3.8) is 0 Å². The molecule has 0 spiro atoms. The minimum atomic E-state index is -0.378. The van der Waals surface area contributed by atoms with Gasteiger partial charge in [-0.25, -0.2) is 4.99 Å². The van der Waals surface area contributed by atoms with E-state index in [1.54, 1.807) is 0 Å². The van der Waals surface area contributed by atoms with Crippen LogP contribution in [0, 0.1) is 5.92 Å². The Labute approximate surface area is 187 Å². The molecule has 2 fully saturated rings. The minimum absolute atomic E-state index is 0.210. The Morgan fingerprint density at radius 1 is 1.10 bits per heavy atom. The topological polar surface area (TPSA) is 56.9 Å². The number of aliphatic imine (C=N–C) groups is 1. The number of halogens is 2. The highest BCUT2D eigenvalue weighted by molar-refractivity contribution is 6.33. The summed E-state index contributed by atoms with van der Waals surface area (Å²) in [6, 6.07) is 14.1. The molecule has 2 aromatic carbocycles. The Bertz CT molecular complexity index is 981. The number of para-hydroxylation sites is 2. The third-order valence-corrected chi connectivity index (χ3v) is 7.38. The number of nitrogens with two attached hydrogens (primary N) is 1. The number of benzene rings is 2. The Hall–Kier alpha value is -1.79. The molecule has 3 N–H and O–H groups in total. The highest BCUT2D eigenvalue weighted by Crippen LogP contribution is 2.48. The Morgan fingerprint density at radius 3 is 2.57 bits per heavy atom. The molecule has 2 unspecified atom stereocenters. The summed E-state index contributed by atoms with van der Waals surface area (Å²) in [6.45, 7) is 5.92. The van der Waals surface area contributed by atoms with Crippen LogP contribution in [0.4, 0.5) is 11.4 Å². The molecule has 5 rings (SSSR count). The molecule has 1 saturated heterocycles. The SMILES string of the molecule is CC(c1cc(Cl)ccc1Cl)N1CCN(C2(C3CC3)Nc3ccccc3N=C2N)CC1. The van der Waals surface area contributed by atoms with Crippen molar-refractivity contribution in [2.75, 3.05) is 31.5 Å². The van der Waals surface area contributed by atoms with Crippen LogP contribution in [0.1, 0.15) is 31.4 Å². The van der Waals surface area contributed by atoms with E-state index in [0.717, 1.165) is 53.2 Å². The molecule has 0 bridgehead atoms. The number of amidine groups is 1. The molecule has 1 aliphatic carbocycles. The molecule has 1 saturated carbocycles. The van der Waals surface area contributed by atoms with Gasteiger partial charge in [0.05, 0.1) is 11.4 Å². The van der Waals surface area contributed by atoms with Crippen LogP contribution in [0.15, 0.2) is 47.5 Å². The number of hydrogen-bond donors (Lipinski definition) is 2. The van der Waals surface area contributed by atoms with Gasteiger partial charge in [0.15, 0.2) is 5.66 Å². The summed E-state index contributed by atoms with van der Waals surface area (Å²) in [4.78, 5) is 9.78.